The number of ether oxygens (including phenoxy) is 1. The third-order valence-corrected chi connectivity index (χ3v) is 1.91. The van der Waals surface area contributed by atoms with Gasteiger partial charge >= 0.3 is 0 Å². The standard InChI is InChI=1S/C11H18N2O/c1-2-6-14-11-7-10(4-3-5-12)8-13-9-11/h7-9H,2-6,12H2,1H3. The summed E-state index contributed by atoms with van der Waals surface area (Å²) < 4.78 is 5.48. The quantitative estimate of drug-likeness (QED) is 0.750. The average Bonchev–Trinajstić information content (AvgIpc) is 2.24. The molecule has 1 heterocycles. The van der Waals surface area contributed by atoms with Crippen molar-refractivity contribution in [2.24, 2.45) is 5.73 Å². The molecule has 0 aliphatic rings. The summed E-state index contributed by atoms with van der Waals surface area (Å²) in [6, 6.07) is 2.04. The van der Waals surface area contributed by atoms with Gasteiger partial charge in [0.25, 0.3) is 0 Å². The molecule has 14 heavy (non-hydrogen) atoms. The van der Waals surface area contributed by atoms with Crippen molar-refractivity contribution in [1.29, 1.82) is 0 Å². The van der Waals surface area contributed by atoms with E-state index in [0.717, 1.165) is 38.2 Å². The molecule has 0 saturated heterocycles. The Hall–Kier alpha value is -1.09. The van der Waals surface area contributed by atoms with Crippen LogP contribution in [-0.4, -0.2) is 18.1 Å². The van der Waals surface area contributed by atoms with E-state index in [2.05, 4.69) is 11.9 Å². The van der Waals surface area contributed by atoms with Crippen molar-refractivity contribution >= 4 is 0 Å². The predicted octanol–water partition coefficient (Wildman–Crippen LogP) is 1.76. The Bertz CT molecular complexity index is 240. The minimum atomic E-state index is 0.722. The Balaban J connectivity index is 2.50. The minimum absolute atomic E-state index is 0.722. The lowest BCUT2D eigenvalue weighted by atomic mass is 10.1. The molecule has 3 nitrogen and oxygen atoms in total. The maximum Gasteiger partial charge on any atom is 0.137 e. The number of aryl methyl sites for hydroxylation is 1. The van der Waals surface area contributed by atoms with Crippen LogP contribution < -0.4 is 10.5 Å². The summed E-state index contributed by atoms with van der Waals surface area (Å²) in [5, 5.41) is 0. The summed E-state index contributed by atoms with van der Waals surface area (Å²) >= 11 is 0. The number of nitrogens with two attached hydrogens (primary N) is 1. The van der Waals surface area contributed by atoms with Crippen LogP contribution in [0.25, 0.3) is 0 Å². The van der Waals surface area contributed by atoms with Gasteiger partial charge in [-0.25, -0.2) is 0 Å². The zero-order chi connectivity index (χ0) is 10.2. The molecule has 78 valence electrons. The lowest BCUT2D eigenvalue weighted by Gasteiger charge is -2.05. The van der Waals surface area contributed by atoms with Crippen LogP contribution in [0.2, 0.25) is 0 Å². The van der Waals surface area contributed by atoms with Crippen LogP contribution in [-0.2, 0) is 6.42 Å². The lowest BCUT2D eigenvalue weighted by Crippen LogP contribution is -2.01. The van der Waals surface area contributed by atoms with Gasteiger partial charge in [0.2, 0.25) is 0 Å². The summed E-state index contributed by atoms with van der Waals surface area (Å²) in [6.45, 7) is 3.56. The van der Waals surface area contributed by atoms with Crippen molar-refractivity contribution in [1.82, 2.24) is 4.98 Å². The van der Waals surface area contributed by atoms with Gasteiger partial charge in [-0.15, -0.1) is 0 Å². The second-order valence-corrected chi connectivity index (χ2v) is 3.27. The Kier molecular flexibility index (Phi) is 5.00. The summed E-state index contributed by atoms with van der Waals surface area (Å²) in [7, 11) is 0. The first-order chi connectivity index (χ1) is 6.86. The van der Waals surface area contributed by atoms with E-state index in [1.54, 1.807) is 6.20 Å². The Labute approximate surface area is 85.3 Å². The number of rotatable bonds is 6. The van der Waals surface area contributed by atoms with E-state index in [1.165, 1.54) is 5.56 Å². The van der Waals surface area contributed by atoms with Gasteiger partial charge in [-0.2, -0.15) is 0 Å². The van der Waals surface area contributed by atoms with Crippen LogP contribution >= 0.6 is 0 Å². The molecule has 0 amide bonds. The fourth-order valence-corrected chi connectivity index (χ4v) is 1.21. The molecule has 3 heteroatoms. The van der Waals surface area contributed by atoms with E-state index in [1.807, 2.05) is 12.3 Å². The molecule has 0 aliphatic carbocycles. The third kappa shape index (κ3) is 3.75. The first-order valence-electron chi connectivity index (χ1n) is 5.13. The van der Waals surface area contributed by atoms with Crippen LogP contribution in [0, 0.1) is 0 Å². The molecule has 0 unspecified atom stereocenters. The molecule has 1 aromatic rings. The smallest absolute Gasteiger partial charge is 0.137 e. The molecule has 1 rings (SSSR count). The van der Waals surface area contributed by atoms with Crippen LogP contribution in [0.4, 0.5) is 0 Å². The number of hydrogen-bond donors (Lipinski definition) is 1. The highest BCUT2D eigenvalue weighted by Gasteiger charge is 1.97. The van der Waals surface area contributed by atoms with Gasteiger partial charge in [0, 0.05) is 6.20 Å². The van der Waals surface area contributed by atoms with E-state index < -0.39 is 0 Å². The first-order valence-corrected chi connectivity index (χ1v) is 5.13. The largest absolute Gasteiger partial charge is 0.492 e. The number of pyridine rings is 1. The molecule has 2 N–H and O–H groups in total. The highest BCUT2D eigenvalue weighted by atomic mass is 16.5. The first kappa shape index (κ1) is 11.0. The van der Waals surface area contributed by atoms with Crippen molar-refractivity contribution < 1.29 is 4.74 Å². The summed E-state index contributed by atoms with van der Waals surface area (Å²) in [5.74, 6) is 0.862. The Morgan fingerprint density at radius 3 is 3.00 bits per heavy atom. The minimum Gasteiger partial charge on any atom is -0.492 e. The molecule has 0 fully saturated rings. The van der Waals surface area contributed by atoms with E-state index in [0.29, 0.717) is 0 Å². The van der Waals surface area contributed by atoms with E-state index in [-0.39, 0.29) is 0 Å². The monoisotopic (exact) mass is 194 g/mol. The molecule has 0 atom stereocenters. The third-order valence-electron chi connectivity index (χ3n) is 1.91. The fourth-order valence-electron chi connectivity index (χ4n) is 1.21. The number of nitrogens with zero attached hydrogens (tertiary/aromatic N) is 1. The average molecular weight is 194 g/mol. The summed E-state index contributed by atoms with van der Waals surface area (Å²) in [6.07, 6.45) is 6.62. The van der Waals surface area contributed by atoms with Crippen molar-refractivity contribution in [2.75, 3.05) is 13.2 Å². The highest BCUT2D eigenvalue weighted by Crippen LogP contribution is 2.12. The second kappa shape index (κ2) is 6.38. The Morgan fingerprint density at radius 2 is 2.29 bits per heavy atom. The highest BCUT2D eigenvalue weighted by molar-refractivity contribution is 5.23. The molecule has 0 spiro atoms. The van der Waals surface area contributed by atoms with Gasteiger partial charge in [0.05, 0.1) is 12.8 Å². The normalized spacial score (nSPS) is 10.1. The molecule has 0 aromatic carbocycles. The topological polar surface area (TPSA) is 48.1 Å². The van der Waals surface area contributed by atoms with E-state index in [9.17, 15) is 0 Å². The lowest BCUT2D eigenvalue weighted by molar-refractivity contribution is 0.316. The molecule has 0 saturated carbocycles. The van der Waals surface area contributed by atoms with Crippen molar-refractivity contribution in [3.8, 4) is 5.75 Å². The molecule has 1 aromatic heterocycles. The van der Waals surface area contributed by atoms with Crippen LogP contribution in [0.1, 0.15) is 25.3 Å². The maximum atomic E-state index is 5.48. The summed E-state index contributed by atoms with van der Waals surface area (Å²) in [4.78, 5) is 4.12. The van der Waals surface area contributed by atoms with Gasteiger partial charge in [-0.3, -0.25) is 4.98 Å². The van der Waals surface area contributed by atoms with Crippen LogP contribution in [0.15, 0.2) is 18.5 Å². The maximum absolute atomic E-state index is 5.48. The molecule has 0 radical (unpaired) electrons. The van der Waals surface area contributed by atoms with Gasteiger partial charge in [-0.05, 0) is 37.4 Å². The molecular weight excluding hydrogens is 176 g/mol. The zero-order valence-electron chi connectivity index (χ0n) is 8.70. The summed E-state index contributed by atoms with van der Waals surface area (Å²) in [5.41, 5.74) is 6.64. The fraction of sp³-hybridized carbons (Fsp3) is 0.545. The van der Waals surface area contributed by atoms with Crippen molar-refractivity contribution in [2.45, 2.75) is 26.2 Å². The Morgan fingerprint density at radius 1 is 1.43 bits per heavy atom. The van der Waals surface area contributed by atoms with Crippen molar-refractivity contribution in [3.05, 3.63) is 24.0 Å². The van der Waals surface area contributed by atoms with Crippen molar-refractivity contribution in [3.63, 3.8) is 0 Å². The van der Waals surface area contributed by atoms with E-state index in [4.69, 9.17) is 10.5 Å². The van der Waals surface area contributed by atoms with Crippen LogP contribution in [0.3, 0.4) is 0 Å². The zero-order valence-corrected chi connectivity index (χ0v) is 8.70. The van der Waals surface area contributed by atoms with Gasteiger partial charge < -0.3 is 10.5 Å². The number of hydrogen-bond acceptors (Lipinski definition) is 3. The van der Waals surface area contributed by atoms with Gasteiger partial charge in [0.1, 0.15) is 5.75 Å². The van der Waals surface area contributed by atoms with Gasteiger partial charge in [0.15, 0.2) is 0 Å². The van der Waals surface area contributed by atoms with E-state index >= 15 is 0 Å². The number of aromatic nitrogens is 1. The molecular formula is C11H18N2O. The molecule has 0 aliphatic heterocycles. The van der Waals surface area contributed by atoms with Crippen LogP contribution in [0.5, 0.6) is 5.75 Å². The molecule has 0 bridgehead atoms. The van der Waals surface area contributed by atoms with Gasteiger partial charge in [-0.1, -0.05) is 6.92 Å². The predicted molar refractivity (Wildman–Crippen MR) is 57.4 cm³/mol. The second-order valence-electron chi connectivity index (χ2n) is 3.27. The SMILES string of the molecule is CCCOc1cncc(CCCN)c1.